The van der Waals surface area contributed by atoms with Crippen molar-refractivity contribution in [1.29, 1.82) is 0 Å². The van der Waals surface area contributed by atoms with Crippen LogP contribution in [0.3, 0.4) is 0 Å². The summed E-state index contributed by atoms with van der Waals surface area (Å²) in [6, 6.07) is 16.4. The summed E-state index contributed by atoms with van der Waals surface area (Å²) in [5.74, 6) is -0.302. The summed E-state index contributed by atoms with van der Waals surface area (Å²) in [6.45, 7) is 11.8. The van der Waals surface area contributed by atoms with E-state index in [2.05, 4.69) is 93.4 Å². The largest absolute Gasteiger partial charge is 0.468 e. The van der Waals surface area contributed by atoms with Gasteiger partial charge in [-0.3, -0.25) is 9.69 Å². The number of amides is 1. The van der Waals surface area contributed by atoms with Crippen molar-refractivity contribution < 1.29 is 23.8 Å². The molecule has 2 aromatic rings. The van der Waals surface area contributed by atoms with Crippen molar-refractivity contribution >= 4 is 12.1 Å². The maximum Gasteiger partial charge on any atom is 0.407 e. The molecule has 3 aliphatic rings. The molecular weight excluding hydrogens is 504 g/mol. The average Bonchev–Trinajstić information content (AvgIpc) is 3.30. The molecule has 5 rings (SSSR count). The van der Waals surface area contributed by atoms with Crippen LogP contribution < -0.4 is 5.32 Å². The summed E-state index contributed by atoms with van der Waals surface area (Å²) in [5, 5.41) is 3.11. The van der Waals surface area contributed by atoms with Crippen molar-refractivity contribution in [3.8, 4) is 11.1 Å². The Kier molecular flexibility index (Phi) is 8.96. The molecular formula is C33H46N2O5. The average molecular weight is 551 g/mol. The third kappa shape index (κ3) is 6.69. The van der Waals surface area contributed by atoms with E-state index in [4.69, 9.17) is 14.2 Å². The van der Waals surface area contributed by atoms with Gasteiger partial charge in [-0.2, -0.15) is 0 Å². The van der Waals surface area contributed by atoms with E-state index in [-0.39, 0.29) is 22.8 Å². The first kappa shape index (κ1) is 30.1. The van der Waals surface area contributed by atoms with E-state index in [1.165, 1.54) is 18.2 Å². The fourth-order valence-corrected chi connectivity index (χ4v) is 6.00. The molecule has 4 atom stereocenters. The molecule has 7 nitrogen and oxygen atoms in total. The number of esters is 1. The summed E-state index contributed by atoms with van der Waals surface area (Å²) in [5.41, 5.74) is 3.58. The summed E-state index contributed by atoms with van der Waals surface area (Å²) in [4.78, 5) is 28.1. The number of alkyl carbamates (subject to hydrolysis) is 1. The van der Waals surface area contributed by atoms with E-state index in [1.54, 1.807) is 7.11 Å². The molecule has 40 heavy (non-hydrogen) atoms. The predicted molar refractivity (Wildman–Crippen MR) is 157 cm³/mol. The lowest BCUT2D eigenvalue weighted by Crippen LogP contribution is -2.53. The molecule has 1 amide bonds. The lowest BCUT2D eigenvalue weighted by Gasteiger charge is -2.36. The summed E-state index contributed by atoms with van der Waals surface area (Å²) >= 11 is 0. The molecule has 0 aromatic heterocycles. The highest BCUT2D eigenvalue weighted by Gasteiger charge is 2.50. The van der Waals surface area contributed by atoms with Gasteiger partial charge in [0.1, 0.15) is 11.6 Å². The van der Waals surface area contributed by atoms with Gasteiger partial charge in [-0.1, -0.05) is 83.1 Å². The highest BCUT2D eigenvalue weighted by Crippen LogP contribution is 2.41. The Labute approximate surface area is 239 Å². The second-order valence-electron chi connectivity index (χ2n) is 13.3. The second-order valence-corrected chi connectivity index (χ2v) is 13.3. The zero-order chi connectivity index (χ0) is 29.1. The second kappa shape index (κ2) is 11.9. The fraction of sp³-hybridized carbons (Fsp3) is 0.576. The lowest BCUT2D eigenvalue weighted by atomic mass is 9.86. The van der Waals surface area contributed by atoms with Gasteiger partial charge in [0.2, 0.25) is 0 Å². The van der Waals surface area contributed by atoms with Gasteiger partial charge in [0.15, 0.2) is 0 Å². The van der Waals surface area contributed by atoms with Crippen molar-refractivity contribution in [1.82, 2.24) is 10.2 Å². The van der Waals surface area contributed by atoms with Crippen LogP contribution in [-0.4, -0.2) is 63.0 Å². The number of rotatable bonds is 2. The van der Waals surface area contributed by atoms with Crippen LogP contribution in [0.1, 0.15) is 65.0 Å². The minimum atomic E-state index is -0.688. The molecule has 1 N–H and O–H groups in total. The Bertz CT molecular complexity index is 1190. The van der Waals surface area contributed by atoms with Crippen molar-refractivity contribution in [2.24, 2.45) is 10.8 Å². The summed E-state index contributed by atoms with van der Waals surface area (Å²) in [7, 11) is 3.12. The SMILES string of the molecule is COC(=O)C1CC2(OC)CN1CC(C(C)(C)C)NC(=O)OCC(C)(C)CCCc1ccccc1-c1ccc2cc1. The zero-order valence-corrected chi connectivity index (χ0v) is 25.2. The van der Waals surface area contributed by atoms with Crippen LogP contribution in [0.2, 0.25) is 0 Å². The molecule has 4 bridgehead atoms. The van der Waals surface area contributed by atoms with Crippen LogP contribution in [0.4, 0.5) is 4.79 Å². The van der Waals surface area contributed by atoms with Crippen LogP contribution in [0.15, 0.2) is 48.5 Å². The molecule has 3 aliphatic heterocycles. The van der Waals surface area contributed by atoms with E-state index in [0.29, 0.717) is 26.1 Å². The number of nitrogens with zero attached hydrogens (tertiary/aromatic N) is 1. The van der Waals surface area contributed by atoms with Gasteiger partial charge in [0.25, 0.3) is 0 Å². The van der Waals surface area contributed by atoms with Gasteiger partial charge in [-0.15, -0.1) is 0 Å². The van der Waals surface area contributed by atoms with Gasteiger partial charge in [-0.25, -0.2) is 4.79 Å². The minimum absolute atomic E-state index is 0.156. The Balaban J connectivity index is 1.76. The van der Waals surface area contributed by atoms with E-state index >= 15 is 0 Å². The quantitative estimate of drug-likeness (QED) is 0.466. The molecule has 0 aliphatic carbocycles. The van der Waals surface area contributed by atoms with Crippen molar-refractivity contribution in [3.63, 3.8) is 0 Å². The van der Waals surface area contributed by atoms with Gasteiger partial charge in [0.05, 0.1) is 13.7 Å². The molecule has 0 saturated carbocycles. The maximum absolute atomic E-state index is 13.0. The number of fused-ring (bicyclic) bond motifs is 11. The fourth-order valence-electron chi connectivity index (χ4n) is 6.00. The van der Waals surface area contributed by atoms with E-state index in [1.807, 2.05) is 0 Å². The molecule has 4 unspecified atom stereocenters. The van der Waals surface area contributed by atoms with Gasteiger partial charge >= 0.3 is 12.1 Å². The number of carbonyl (C=O) groups excluding carboxylic acids is 2. The normalized spacial score (nSPS) is 27.4. The first-order valence-corrected chi connectivity index (χ1v) is 14.4. The zero-order valence-electron chi connectivity index (χ0n) is 25.2. The van der Waals surface area contributed by atoms with Crippen molar-refractivity contribution in [2.45, 2.75) is 78.0 Å². The topological polar surface area (TPSA) is 77.1 Å². The first-order chi connectivity index (χ1) is 18.9. The van der Waals surface area contributed by atoms with Gasteiger partial charge in [-0.05, 0) is 52.3 Å². The Morgan fingerprint density at radius 1 is 1.07 bits per heavy atom. The first-order valence-electron chi connectivity index (χ1n) is 14.4. The minimum Gasteiger partial charge on any atom is -0.468 e. The predicted octanol–water partition coefficient (Wildman–Crippen LogP) is 5.95. The molecule has 218 valence electrons. The van der Waals surface area contributed by atoms with Crippen LogP contribution in [0, 0.1) is 10.8 Å². The summed E-state index contributed by atoms with van der Waals surface area (Å²) in [6.07, 6.45) is 2.90. The molecule has 0 radical (unpaired) electrons. The Morgan fingerprint density at radius 3 is 2.42 bits per heavy atom. The van der Waals surface area contributed by atoms with Crippen LogP contribution >= 0.6 is 0 Å². The number of hydrogen-bond acceptors (Lipinski definition) is 6. The molecule has 7 heteroatoms. The van der Waals surface area contributed by atoms with Crippen molar-refractivity contribution in [3.05, 3.63) is 59.7 Å². The molecule has 1 fully saturated rings. The van der Waals surface area contributed by atoms with E-state index in [9.17, 15) is 9.59 Å². The van der Waals surface area contributed by atoms with Gasteiger partial charge < -0.3 is 19.5 Å². The number of aryl methyl sites for hydroxylation is 1. The summed E-state index contributed by atoms with van der Waals surface area (Å²) < 4.78 is 17.2. The van der Waals surface area contributed by atoms with Crippen LogP contribution in [0.25, 0.3) is 11.1 Å². The third-order valence-corrected chi connectivity index (χ3v) is 8.67. The Morgan fingerprint density at radius 2 is 1.77 bits per heavy atom. The molecule has 3 heterocycles. The van der Waals surface area contributed by atoms with Crippen LogP contribution in [-0.2, 0) is 31.0 Å². The number of hydrogen-bond donors (Lipinski definition) is 1. The smallest absolute Gasteiger partial charge is 0.407 e. The number of nitrogens with one attached hydrogen (secondary N) is 1. The number of carbonyl (C=O) groups is 2. The van der Waals surface area contributed by atoms with Gasteiger partial charge in [0, 0.05) is 32.7 Å². The standard InChI is InChI=1S/C33H46N2O5/c1-31(2,3)28-20-35-21-33(39-7,19-27(35)29(36)38-6)25-16-14-24(15-17-25)26-13-9-8-11-23(26)12-10-18-32(4,5)22-40-30(37)34-28/h8-9,11,13-17,27-28H,10,12,18-22H2,1-7H3,(H,34,37). The molecule has 2 aromatic carbocycles. The number of methoxy groups -OCH3 is 2. The highest BCUT2D eigenvalue weighted by molar-refractivity contribution is 5.76. The maximum atomic E-state index is 13.0. The highest BCUT2D eigenvalue weighted by atomic mass is 16.5. The molecule has 1 saturated heterocycles. The Hall–Kier alpha value is -2.90. The molecule has 0 spiro atoms. The third-order valence-electron chi connectivity index (χ3n) is 8.67. The van der Waals surface area contributed by atoms with Crippen LogP contribution in [0.5, 0.6) is 0 Å². The van der Waals surface area contributed by atoms with E-state index in [0.717, 1.165) is 30.4 Å². The van der Waals surface area contributed by atoms with Crippen molar-refractivity contribution in [2.75, 3.05) is 33.9 Å². The lowest BCUT2D eigenvalue weighted by molar-refractivity contribution is -0.146. The monoisotopic (exact) mass is 550 g/mol. The number of ether oxygens (including phenoxy) is 3. The number of benzene rings is 2. The van der Waals surface area contributed by atoms with E-state index < -0.39 is 17.7 Å².